The van der Waals surface area contributed by atoms with Crippen LogP contribution < -0.4 is 5.32 Å². The number of nitrogens with one attached hydrogen (secondary N) is 1. The third kappa shape index (κ3) is 2.26. The molecule has 1 aliphatic rings. The quantitative estimate of drug-likeness (QED) is 0.902. The smallest absolute Gasteiger partial charge is 0.159 e. The molecule has 1 fully saturated rings. The molecule has 0 aliphatic carbocycles. The van der Waals surface area contributed by atoms with Gasteiger partial charge in [0.15, 0.2) is 11.6 Å². The zero-order valence-corrected chi connectivity index (χ0v) is 10.7. The summed E-state index contributed by atoms with van der Waals surface area (Å²) in [6, 6.07) is 4.30. The van der Waals surface area contributed by atoms with E-state index in [-0.39, 0.29) is 0 Å². The van der Waals surface area contributed by atoms with Crippen LogP contribution in [-0.4, -0.2) is 22.9 Å². The zero-order valence-electron chi connectivity index (χ0n) is 10.7. The Bertz CT molecular complexity index is 601. The molecule has 0 saturated carbocycles. The summed E-state index contributed by atoms with van der Waals surface area (Å²) in [4.78, 5) is 0. The molecule has 0 radical (unpaired) electrons. The molecule has 2 aromatic rings. The predicted octanol–water partition coefficient (Wildman–Crippen LogP) is 2.67. The van der Waals surface area contributed by atoms with Gasteiger partial charge in [0.2, 0.25) is 0 Å². The first-order chi connectivity index (χ1) is 9.15. The molecule has 3 rings (SSSR count). The Balaban J connectivity index is 1.97. The number of rotatable bonds is 2. The molecular formula is C14H15F2N3. The summed E-state index contributed by atoms with van der Waals surface area (Å²) in [6.45, 7) is 3.78. The van der Waals surface area contributed by atoms with Crippen LogP contribution in [0.5, 0.6) is 0 Å². The standard InChI is InChI=1S/C14H15F2N3/c1-9-12(10-2-3-13(15)14(16)6-10)8-19(18-9)11-4-5-17-7-11/h2-3,6,8,11,17H,4-5,7H2,1H3. The zero-order chi connectivity index (χ0) is 13.4. The fraction of sp³-hybridized carbons (Fsp3) is 0.357. The molecular weight excluding hydrogens is 248 g/mol. The van der Waals surface area contributed by atoms with E-state index in [9.17, 15) is 8.78 Å². The molecule has 2 heterocycles. The molecule has 0 bridgehead atoms. The summed E-state index contributed by atoms with van der Waals surface area (Å²) in [6.07, 6.45) is 2.96. The first-order valence-corrected chi connectivity index (χ1v) is 6.37. The molecule has 1 aromatic heterocycles. The van der Waals surface area contributed by atoms with Gasteiger partial charge < -0.3 is 5.32 Å². The van der Waals surface area contributed by atoms with Crippen LogP contribution in [0.15, 0.2) is 24.4 Å². The second-order valence-electron chi connectivity index (χ2n) is 4.88. The van der Waals surface area contributed by atoms with Crippen molar-refractivity contribution in [2.24, 2.45) is 0 Å². The summed E-state index contributed by atoms with van der Waals surface area (Å²) in [5.74, 6) is -1.65. The maximum absolute atomic E-state index is 13.3. The van der Waals surface area contributed by atoms with Crippen LogP contribution in [0.3, 0.4) is 0 Å². The lowest BCUT2D eigenvalue weighted by atomic mass is 10.1. The molecule has 0 spiro atoms. The van der Waals surface area contributed by atoms with Crippen molar-refractivity contribution in [1.29, 1.82) is 0 Å². The maximum atomic E-state index is 13.3. The van der Waals surface area contributed by atoms with Gasteiger partial charge in [0.25, 0.3) is 0 Å². The van der Waals surface area contributed by atoms with Crippen LogP contribution in [0, 0.1) is 18.6 Å². The van der Waals surface area contributed by atoms with Gasteiger partial charge in [-0.3, -0.25) is 4.68 Å². The lowest BCUT2D eigenvalue weighted by Gasteiger charge is -2.07. The summed E-state index contributed by atoms with van der Waals surface area (Å²) in [7, 11) is 0. The van der Waals surface area contributed by atoms with Gasteiger partial charge >= 0.3 is 0 Å². The van der Waals surface area contributed by atoms with Gasteiger partial charge in [0.05, 0.1) is 11.7 Å². The molecule has 5 heteroatoms. The summed E-state index contributed by atoms with van der Waals surface area (Å²) < 4.78 is 28.2. The Morgan fingerprint density at radius 1 is 1.32 bits per heavy atom. The molecule has 19 heavy (non-hydrogen) atoms. The van der Waals surface area contributed by atoms with Gasteiger partial charge in [0.1, 0.15) is 0 Å². The Morgan fingerprint density at radius 3 is 2.84 bits per heavy atom. The van der Waals surface area contributed by atoms with E-state index in [0.29, 0.717) is 11.6 Å². The van der Waals surface area contributed by atoms with E-state index < -0.39 is 11.6 Å². The maximum Gasteiger partial charge on any atom is 0.159 e. The van der Waals surface area contributed by atoms with Crippen molar-refractivity contribution in [2.45, 2.75) is 19.4 Å². The van der Waals surface area contributed by atoms with Crippen LogP contribution in [0.1, 0.15) is 18.2 Å². The Kier molecular flexibility index (Phi) is 3.06. The number of aryl methyl sites for hydroxylation is 1. The minimum Gasteiger partial charge on any atom is -0.315 e. The van der Waals surface area contributed by atoms with Crippen molar-refractivity contribution in [3.63, 3.8) is 0 Å². The lowest BCUT2D eigenvalue weighted by molar-refractivity contribution is 0.488. The van der Waals surface area contributed by atoms with Gasteiger partial charge in [-0.05, 0) is 37.6 Å². The second kappa shape index (κ2) is 4.74. The Morgan fingerprint density at radius 2 is 2.16 bits per heavy atom. The Hall–Kier alpha value is -1.75. The first-order valence-electron chi connectivity index (χ1n) is 6.37. The van der Waals surface area contributed by atoms with Crippen LogP contribution >= 0.6 is 0 Å². The minimum absolute atomic E-state index is 0.345. The lowest BCUT2D eigenvalue weighted by Crippen LogP contribution is -2.13. The first kappa shape index (κ1) is 12.3. The molecule has 1 saturated heterocycles. The largest absolute Gasteiger partial charge is 0.315 e. The number of hydrogen-bond donors (Lipinski definition) is 1. The van der Waals surface area contributed by atoms with E-state index in [1.165, 1.54) is 6.07 Å². The van der Waals surface area contributed by atoms with E-state index in [1.54, 1.807) is 6.07 Å². The third-order valence-corrected chi connectivity index (χ3v) is 3.56. The van der Waals surface area contributed by atoms with Crippen LogP contribution in [0.25, 0.3) is 11.1 Å². The van der Waals surface area contributed by atoms with Gasteiger partial charge in [-0.1, -0.05) is 6.07 Å². The number of benzene rings is 1. The minimum atomic E-state index is -0.827. The topological polar surface area (TPSA) is 29.9 Å². The van der Waals surface area contributed by atoms with E-state index in [2.05, 4.69) is 10.4 Å². The van der Waals surface area contributed by atoms with Crippen molar-refractivity contribution in [2.75, 3.05) is 13.1 Å². The highest BCUT2D eigenvalue weighted by atomic mass is 19.2. The number of halogens is 2. The van der Waals surface area contributed by atoms with Crippen molar-refractivity contribution in [3.05, 3.63) is 41.7 Å². The number of hydrogen-bond acceptors (Lipinski definition) is 2. The second-order valence-corrected chi connectivity index (χ2v) is 4.88. The molecule has 1 unspecified atom stereocenters. The van der Waals surface area contributed by atoms with Crippen LogP contribution in [0.2, 0.25) is 0 Å². The predicted molar refractivity (Wildman–Crippen MR) is 68.8 cm³/mol. The van der Waals surface area contributed by atoms with Crippen molar-refractivity contribution < 1.29 is 8.78 Å². The van der Waals surface area contributed by atoms with Gasteiger partial charge in [-0.25, -0.2) is 8.78 Å². The normalized spacial score (nSPS) is 19.0. The van der Waals surface area contributed by atoms with Crippen LogP contribution in [0.4, 0.5) is 8.78 Å². The number of aromatic nitrogens is 2. The van der Waals surface area contributed by atoms with Crippen molar-refractivity contribution >= 4 is 0 Å². The molecule has 3 nitrogen and oxygen atoms in total. The van der Waals surface area contributed by atoms with E-state index in [4.69, 9.17) is 0 Å². The Labute approximate surface area is 110 Å². The van der Waals surface area contributed by atoms with Gasteiger partial charge in [-0.2, -0.15) is 5.10 Å². The summed E-state index contributed by atoms with van der Waals surface area (Å²) >= 11 is 0. The molecule has 1 N–H and O–H groups in total. The molecule has 1 atom stereocenters. The third-order valence-electron chi connectivity index (χ3n) is 3.56. The summed E-state index contributed by atoms with van der Waals surface area (Å²) in [5, 5.41) is 7.77. The van der Waals surface area contributed by atoms with E-state index in [0.717, 1.165) is 36.8 Å². The highest BCUT2D eigenvalue weighted by Crippen LogP contribution is 2.26. The molecule has 100 valence electrons. The average molecular weight is 263 g/mol. The van der Waals surface area contributed by atoms with Crippen LogP contribution in [-0.2, 0) is 0 Å². The number of nitrogens with zero attached hydrogens (tertiary/aromatic N) is 2. The van der Waals surface area contributed by atoms with E-state index in [1.807, 2.05) is 17.8 Å². The van der Waals surface area contributed by atoms with Crippen molar-refractivity contribution in [3.8, 4) is 11.1 Å². The fourth-order valence-corrected chi connectivity index (χ4v) is 2.48. The monoisotopic (exact) mass is 263 g/mol. The molecule has 0 amide bonds. The fourth-order valence-electron chi connectivity index (χ4n) is 2.48. The molecule has 1 aromatic carbocycles. The van der Waals surface area contributed by atoms with Gasteiger partial charge in [0, 0.05) is 18.3 Å². The highest BCUT2D eigenvalue weighted by molar-refractivity contribution is 5.65. The van der Waals surface area contributed by atoms with E-state index >= 15 is 0 Å². The van der Waals surface area contributed by atoms with Gasteiger partial charge in [-0.15, -0.1) is 0 Å². The average Bonchev–Trinajstić information content (AvgIpc) is 3.01. The summed E-state index contributed by atoms with van der Waals surface area (Å²) in [5.41, 5.74) is 2.34. The SMILES string of the molecule is Cc1nn(C2CCNC2)cc1-c1ccc(F)c(F)c1. The van der Waals surface area contributed by atoms with Crippen molar-refractivity contribution in [1.82, 2.24) is 15.1 Å². The molecule has 1 aliphatic heterocycles. The highest BCUT2D eigenvalue weighted by Gasteiger charge is 2.19.